The lowest BCUT2D eigenvalue weighted by Crippen LogP contribution is -1.95. The highest BCUT2D eigenvalue weighted by Gasteiger charge is 2.04. The van der Waals surface area contributed by atoms with Crippen LogP contribution in [0.25, 0.3) is 0 Å². The van der Waals surface area contributed by atoms with Crippen molar-refractivity contribution in [2.75, 3.05) is 35.0 Å². The van der Waals surface area contributed by atoms with Gasteiger partial charge >= 0.3 is 0 Å². The molecule has 0 spiro atoms. The number of rotatable bonds is 6. The Bertz CT molecular complexity index is 706. The Kier molecular flexibility index (Phi) is 8.38. The van der Waals surface area contributed by atoms with Crippen molar-refractivity contribution in [2.24, 2.45) is 0 Å². The molecule has 2 rings (SSSR count). The molecule has 0 saturated heterocycles. The second-order valence-electron chi connectivity index (χ2n) is 4.55. The monoisotopic (exact) mass is 346 g/mol. The molecule has 1 N–H and O–H groups in total. The molecule has 2 aromatic rings. The summed E-state index contributed by atoms with van der Waals surface area (Å²) in [5, 5.41) is 9.03. The van der Waals surface area contributed by atoms with Crippen molar-refractivity contribution < 1.29 is 28.8 Å². The minimum absolute atomic E-state index is 0.169. The number of benzene rings is 2. The SMILES string of the molecule is C#CCOc1ccc(OC)c(OC)c1.COc1ccc(O)cc1OC. The van der Waals surface area contributed by atoms with Gasteiger partial charge in [0, 0.05) is 12.1 Å². The Morgan fingerprint density at radius 2 is 1.32 bits per heavy atom. The number of terminal acetylenes is 1. The highest BCUT2D eigenvalue weighted by Crippen LogP contribution is 2.31. The molecule has 0 fully saturated rings. The van der Waals surface area contributed by atoms with Crippen LogP contribution in [0.3, 0.4) is 0 Å². The molecule has 0 saturated carbocycles. The van der Waals surface area contributed by atoms with E-state index in [4.69, 9.17) is 35.2 Å². The molecular weight excluding hydrogens is 324 g/mol. The first-order valence-corrected chi connectivity index (χ1v) is 7.28. The normalized spacial score (nSPS) is 9.08. The minimum atomic E-state index is 0.169. The Balaban J connectivity index is 0.000000257. The van der Waals surface area contributed by atoms with E-state index < -0.39 is 0 Å². The van der Waals surface area contributed by atoms with E-state index in [-0.39, 0.29) is 12.4 Å². The summed E-state index contributed by atoms with van der Waals surface area (Å²) in [5.41, 5.74) is 0. The van der Waals surface area contributed by atoms with Crippen molar-refractivity contribution >= 4 is 0 Å². The molecule has 0 heterocycles. The van der Waals surface area contributed by atoms with Crippen LogP contribution in [0.2, 0.25) is 0 Å². The molecule has 0 radical (unpaired) electrons. The van der Waals surface area contributed by atoms with Crippen molar-refractivity contribution in [2.45, 2.75) is 0 Å². The van der Waals surface area contributed by atoms with Gasteiger partial charge in [-0.15, -0.1) is 6.42 Å². The Hall–Kier alpha value is -3.20. The van der Waals surface area contributed by atoms with Gasteiger partial charge in [0.2, 0.25) is 0 Å². The molecule has 134 valence electrons. The van der Waals surface area contributed by atoms with Crippen molar-refractivity contribution in [3.63, 3.8) is 0 Å². The van der Waals surface area contributed by atoms with E-state index in [0.717, 1.165) is 0 Å². The second-order valence-corrected chi connectivity index (χ2v) is 4.55. The van der Waals surface area contributed by atoms with E-state index >= 15 is 0 Å². The zero-order chi connectivity index (χ0) is 18.7. The average molecular weight is 346 g/mol. The van der Waals surface area contributed by atoms with Crippen LogP contribution >= 0.6 is 0 Å². The second kappa shape index (κ2) is 10.6. The molecule has 0 aliphatic rings. The third kappa shape index (κ3) is 6.07. The topological polar surface area (TPSA) is 66.4 Å². The van der Waals surface area contributed by atoms with Gasteiger partial charge in [0.1, 0.15) is 18.1 Å². The van der Waals surface area contributed by atoms with E-state index in [1.807, 2.05) is 0 Å². The molecule has 0 bridgehead atoms. The molecular formula is C19H22O6. The van der Waals surface area contributed by atoms with Crippen molar-refractivity contribution in [1.29, 1.82) is 0 Å². The molecule has 0 aliphatic heterocycles. The smallest absolute Gasteiger partial charge is 0.164 e. The van der Waals surface area contributed by atoms with Gasteiger partial charge in [-0.1, -0.05) is 5.92 Å². The van der Waals surface area contributed by atoms with Crippen LogP contribution in [-0.4, -0.2) is 40.2 Å². The molecule has 0 aromatic heterocycles. The standard InChI is InChI=1S/C11H12O3.C8H10O3/c1-4-7-14-9-5-6-10(12-2)11(8-9)13-3;1-10-7-4-3-6(9)5-8(7)11-2/h1,5-6,8H,7H2,2-3H3;3-5,9H,1-2H3. The lowest BCUT2D eigenvalue weighted by molar-refractivity contribution is 0.342. The van der Waals surface area contributed by atoms with Crippen molar-refractivity contribution in [3.8, 4) is 46.8 Å². The summed E-state index contributed by atoms with van der Waals surface area (Å²) in [6, 6.07) is 9.97. The third-order valence-electron chi connectivity index (χ3n) is 3.04. The van der Waals surface area contributed by atoms with Crippen LogP contribution in [0.1, 0.15) is 0 Å². The first-order valence-electron chi connectivity index (χ1n) is 7.28. The zero-order valence-electron chi connectivity index (χ0n) is 14.7. The first-order chi connectivity index (χ1) is 12.1. The highest BCUT2D eigenvalue weighted by molar-refractivity contribution is 5.45. The summed E-state index contributed by atoms with van der Waals surface area (Å²) in [6.45, 7) is 0.246. The molecule has 6 nitrogen and oxygen atoms in total. The Morgan fingerprint density at radius 1 is 0.800 bits per heavy atom. The molecule has 25 heavy (non-hydrogen) atoms. The summed E-state index contributed by atoms with van der Waals surface area (Å²) in [6.07, 6.45) is 5.07. The first kappa shape index (κ1) is 19.8. The van der Waals surface area contributed by atoms with Gasteiger partial charge in [-0.05, 0) is 24.3 Å². The fourth-order valence-electron chi connectivity index (χ4n) is 1.86. The average Bonchev–Trinajstić information content (AvgIpc) is 2.66. The minimum Gasteiger partial charge on any atom is -0.508 e. The number of hydrogen-bond acceptors (Lipinski definition) is 6. The van der Waals surface area contributed by atoms with E-state index in [1.165, 1.54) is 13.2 Å². The number of phenols is 1. The number of phenolic OH excluding ortho intramolecular Hbond substituents is 1. The van der Waals surface area contributed by atoms with Gasteiger partial charge in [0.15, 0.2) is 23.0 Å². The molecule has 6 heteroatoms. The summed E-state index contributed by atoms with van der Waals surface area (Å²) in [4.78, 5) is 0. The lowest BCUT2D eigenvalue weighted by Gasteiger charge is -2.09. The van der Waals surface area contributed by atoms with Crippen LogP contribution in [-0.2, 0) is 0 Å². The van der Waals surface area contributed by atoms with Gasteiger partial charge < -0.3 is 28.8 Å². The van der Waals surface area contributed by atoms with Gasteiger partial charge in [0.25, 0.3) is 0 Å². The quantitative estimate of drug-likeness (QED) is 0.811. The van der Waals surface area contributed by atoms with E-state index in [2.05, 4.69) is 5.92 Å². The zero-order valence-corrected chi connectivity index (χ0v) is 14.7. The van der Waals surface area contributed by atoms with Gasteiger partial charge in [0.05, 0.1) is 28.4 Å². The molecule has 2 aromatic carbocycles. The summed E-state index contributed by atoms with van der Waals surface area (Å²) in [5.74, 6) is 5.67. The number of ether oxygens (including phenoxy) is 5. The summed E-state index contributed by atoms with van der Waals surface area (Å²) >= 11 is 0. The maximum Gasteiger partial charge on any atom is 0.164 e. The Morgan fingerprint density at radius 3 is 1.84 bits per heavy atom. The summed E-state index contributed by atoms with van der Waals surface area (Å²) < 4.78 is 25.3. The maximum absolute atomic E-state index is 9.03. The van der Waals surface area contributed by atoms with E-state index in [1.54, 1.807) is 51.7 Å². The molecule has 0 amide bonds. The Labute approximate surface area is 147 Å². The van der Waals surface area contributed by atoms with Crippen LogP contribution in [0.4, 0.5) is 0 Å². The van der Waals surface area contributed by atoms with Crippen LogP contribution in [0.15, 0.2) is 36.4 Å². The largest absolute Gasteiger partial charge is 0.508 e. The van der Waals surface area contributed by atoms with E-state index in [0.29, 0.717) is 28.7 Å². The number of hydrogen-bond donors (Lipinski definition) is 1. The third-order valence-corrected chi connectivity index (χ3v) is 3.04. The van der Waals surface area contributed by atoms with Crippen LogP contribution in [0.5, 0.6) is 34.5 Å². The van der Waals surface area contributed by atoms with Gasteiger partial charge in [-0.3, -0.25) is 0 Å². The fraction of sp³-hybridized carbons (Fsp3) is 0.263. The van der Waals surface area contributed by atoms with Crippen molar-refractivity contribution in [3.05, 3.63) is 36.4 Å². The highest BCUT2D eigenvalue weighted by atomic mass is 16.5. The van der Waals surface area contributed by atoms with E-state index in [9.17, 15) is 0 Å². The molecule has 0 atom stereocenters. The van der Waals surface area contributed by atoms with Gasteiger partial charge in [-0.2, -0.15) is 0 Å². The van der Waals surface area contributed by atoms with Crippen LogP contribution < -0.4 is 23.7 Å². The predicted octanol–water partition coefficient (Wildman–Crippen LogP) is 3.13. The summed E-state index contributed by atoms with van der Waals surface area (Å²) in [7, 11) is 6.23. The number of aromatic hydroxyl groups is 1. The number of methoxy groups -OCH3 is 4. The molecule has 0 aliphatic carbocycles. The fourth-order valence-corrected chi connectivity index (χ4v) is 1.86. The van der Waals surface area contributed by atoms with Crippen LogP contribution in [0, 0.1) is 12.3 Å². The lowest BCUT2D eigenvalue weighted by atomic mass is 10.3. The predicted molar refractivity (Wildman–Crippen MR) is 95.1 cm³/mol. The maximum atomic E-state index is 9.03. The van der Waals surface area contributed by atoms with Crippen molar-refractivity contribution in [1.82, 2.24) is 0 Å². The van der Waals surface area contributed by atoms with Gasteiger partial charge in [-0.25, -0.2) is 0 Å². The molecule has 0 unspecified atom stereocenters.